The van der Waals surface area contributed by atoms with Gasteiger partial charge in [0.1, 0.15) is 5.75 Å². The summed E-state index contributed by atoms with van der Waals surface area (Å²) in [5.74, 6) is 0.548. The molecule has 1 N–H and O–H groups in total. The molecule has 0 bridgehead atoms. The lowest BCUT2D eigenvalue weighted by Crippen LogP contribution is -2.13. The van der Waals surface area contributed by atoms with E-state index in [1.807, 2.05) is 0 Å². The number of methoxy groups -OCH3 is 1. The Labute approximate surface area is 70.0 Å². The highest BCUT2D eigenvalue weighted by Gasteiger charge is 2.05. The number of rotatable bonds is 2. The van der Waals surface area contributed by atoms with E-state index in [1.54, 1.807) is 0 Å². The molecule has 66 valence electrons. The first-order valence-electron chi connectivity index (χ1n) is 3.22. The summed E-state index contributed by atoms with van der Waals surface area (Å²) in [4.78, 5) is 19.2. The third kappa shape index (κ3) is 2.08. The zero-order chi connectivity index (χ0) is 9.19. The van der Waals surface area contributed by atoms with Crippen LogP contribution in [0.15, 0.2) is 24.3 Å². The number of hydrogen-bond acceptors (Lipinski definition) is 3. The molecule has 0 spiro atoms. The lowest BCUT2D eigenvalue weighted by Gasteiger charge is -2.15. The smallest absolute Gasteiger partial charge is 0.162 e. The quantitative estimate of drug-likeness (QED) is 0.654. The van der Waals surface area contributed by atoms with Crippen molar-refractivity contribution in [3.05, 3.63) is 24.3 Å². The van der Waals surface area contributed by atoms with Crippen LogP contribution in [0.2, 0.25) is 0 Å². The summed E-state index contributed by atoms with van der Waals surface area (Å²) in [5.41, 5.74) is 0. The SMILES string of the molecule is COc1ccc(P(=O)([O-])O)cc1. The van der Waals surface area contributed by atoms with Crippen LogP contribution in [0.5, 0.6) is 5.75 Å². The van der Waals surface area contributed by atoms with Gasteiger partial charge in [-0.1, -0.05) is 0 Å². The number of ether oxygens (including phenoxy) is 1. The van der Waals surface area contributed by atoms with Crippen molar-refractivity contribution < 1.29 is 19.1 Å². The van der Waals surface area contributed by atoms with Gasteiger partial charge >= 0.3 is 0 Å². The summed E-state index contributed by atoms with van der Waals surface area (Å²) in [5, 5.41) is -0.108. The molecule has 0 amide bonds. The van der Waals surface area contributed by atoms with Gasteiger partial charge in [-0.15, -0.1) is 0 Å². The second-order valence-corrected chi connectivity index (χ2v) is 3.78. The third-order valence-electron chi connectivity index (χ3n) is 1.40. The van der Waals surface area contributed by atoms with E-state index < -0.39 is 7.60 Å². The van der Waals surface area contributed by atoms with E-state index in [-0.39, 0.29) is 5.30 Å². The average molecular weight is 187 g/mol. The highest BCUT2D eigenvalue weighted by atomic mass is 31.2. The van der Waals surface area contributed by atoms with E-state index in [4.69, 9.17) is 9.63 Å². The first-order chi connectivity index (χ1) is 5.54. The van der Waals surface area contributed by atoms with Gasteiger partial charge in [0, 0.05) is 5.30 Å². The predicted molar refractivity (Wildman–Crippen MR) is 42.5 cm³/mol. The van der Waals surface area contributed by atoms with Crippen molar-refractivity contribution in [2.45, 2.75) is 0 Å². The van der Waals surface area contributed by atoms with E-state index in [9.17, 15) is 9.46 Å². The van der Waals surface area contributed by atoms with Crippen molar-refractivity contribution in [2.24, 2.45) is 0 Å². The fraction of sp³-hybridized carbons (Fsp3) is 0.143. The van der Waals surface area contributed by atoms with E-state index in [2.05, 4.69) is 0 Å². The van der Waals surface area contributed by atoms with Crippen molar-refractivity contribution in [1.82, 2.24) is 0 Å². The maximum atomic E-state index is 10.6. The van der Waals surface area contributed by atoms with E-state index in [0.29, 0.717) is 5.75 Å². The zero-order valence-corrected chi connectivity index (χ0v) is 7.32. The molecule has 0 aromatic heterocycles. The van der Waals surface area contributed by atoms with Crippen LogP contribution < -0.4 is 14.9 Å². The first kappa shape index (κ1) is 9.26. The highest BCUT2D eigenvalue weighted by Crippen LogP contribution is 2.28. The molecular weight excluding hydrogens is 179 g/mol. The Hall–Kier alpha value is -0.830. The molecule has 0 radical (unpaired) electrons. The lowest BCUT2D eigenvalue weighted by molar-refractivity contribution is -0.188. The van der Waals surface area contributed by atoms with Crippen molar-refractivity contribution >= 4 is 12.9 Å². The first-order valence-corrected chi connectivity index (χ1v) is 4.80. The summed E-state index contributed by atoms with van der Waals surface area (Å²) < 4.78 is 15.4. The van der Waals surface area contributed by atoms with Crippen LogP contribution in [0.25, 0.3) is 0 Å². The van der Waals surface area contributed by atoms with Gasteiger partial charge in [0.15, 0.2) is 7.60 Å². The molecule has 0 saturated heterocycles. The highest BCUT2D eigenvalue weighted by molar-refractivity contribution is 7.58. The van der Waals surface area contributed by atoms with Crippen molar-refractivity contribution in [1.29, 1.82) is 0 Å². The van der Waals surface area contributed by atoms with Crippen LogP contribution in [0.1, 0.15) is 0 Å². The maximum absolute atomic E-state index is 10.6. The normalized spacial score (nSPS) is 15.2. The molecule has 0 saturated carbocycles. The van der Waals surface area contributed by atoms with E-state index >= 15 is 0 Å². The molecular formula is C7H8O4P-. The van der Waals surface area contributed by atoms with Gasteiger partial charge in [0.25, 0.3) is 0 Å². The second-order valence-electron chi connectivity index (χ2n) is 2.22. The van der Waals surface area contributed by atoms with Crippen LogP contribution in [0, 0.1) is 0 Å². The maximum Gasteiger partial charge on any atom is 0.162 e. The second kappa shape index (κ2) is 3.27. The molecule has 1 rings (SSSR count). The Bertz CT molecular complexity index is 300. The molecule has 1 unspecified atom stereocenters. The molecule has 4 nitrogen and oxygen atoms in total. The Balaban J connectivity index is 3.01. The van der Waals surface area contributed by atoms with Gasteiger partial charge in [-0.25, -0.2) is 0 Å². The minimum atomic E-state index is -4.35. The Kier molecular flexibility index (Phi) is 2.52. The number of hydrogen-bond donors (Lipinski definition) is 1. The molecule has 0 aliphatic rings. The van der Waals surface area contributed by atoms with Gasteiger partial charge in [0.2, 0.25) is 0 Å². The van der Waals surface area contributed by atoms with Gasteiger partial charge < -0.3 is 19.1 Å². The summed E-state index contributed by atoms with van der Waals surface area (Å²) in [6, 6.07) is 5.51. The molecule has 1 aromatic carbocycles. The minimum absolute atomic E-state index is 0.108. The third-order valence-corrected chi connectivity index (χ3v) is 2.35. The molecule has 0 heterocycles. The summed E-state index contributed by atoms with van der Waals surface area (Å²) >= 11 is 0. The topological polar surface area (TPSA) is 69.6 Å². The van der Waals surface area contributed by atoms with Gasteiger partial charge in [0.05, 0.1) is 7.11 Å². The van der Waals surface area contributed by atoms with Crippen LogP contribution in [0.4, 0.5) is 0 Å². The summed E-state index contributed by atoms with van der Waals surface area (Å²) in [7, 11) is -2.88. The summed E-state index contributed by atoms with van der Waals surface area (Å²) in [6.45, 7) is 0. The van der Waals surface area contributed by atoms with Crippen molar-refractivity contribution in [2.75, 3.05) is 7.11 Å². The standard InChI is InChI=1S/C7H9O4P/c1-11-6-2-4-7(5-3-6)12(8,9)10/h2-5H,1H3,(H2,8,9,10)/p-1. The fourth-order valence-electron chi connectivity index (χ4n) is 0.771. The molecule has 0 aliphatic carbocycles. The van der Waals surface area contributed by atoms with Crippen molar-refractivity contribution in [3.63, 3.8) is 0 Å². The van der Waals surface area contributed by atoms with Crippen LogP contribution in [-0.4, -0.2) is 12.0 Å². The van der Waals surface area contributed by atoms with Crippen molar-refractivity contribution in [3.8, 4) is 5.75 Å². The minimum Gasteiger partial charge on any atom is -0.775 e. The van der Waals surface area contributed by atoms with Crippen LogP contribution in [0.3, 0.4) is 0 Å². The predicted octanol–water partition coefficient (Wildman–Crippen LogP) is -0.134. The molecule has 1 atom stereocenters. The summed E-state index contributed by atoms with van der Waals surface area (Å²) in [6.07, 6.45) is 0. The molecule has 0 aliphatic heterocycles. The van der Waals surface area contributed by atoms with E-state index in [0.717, 1.165) is 0 Å². The lowest BCUT2D eigenvalue weighted by atomic mass is 10.3. The average Bonchev–Trinajstić information content (AvgIpc) is 2.03. The zero-order valence-electron chi connectivity index (χ0n) is 6.43. The fourth-order valence-corrected chi connectivity index (χ4v) is 1.30. The van der Waals surface area contributed by atoms with Crippen LogP contribution >= 0.6 is 7.60 Å². The molecule has 0 fully saturated rings. The molecule has 1 aromatic rings. The largest absolute Gasteiger partial charge is 0.775 e. The van der Waals surface area contributed by atoms with Gasteiger partial charge in [-0.2, -0.15) is 0 Å². The molecule has 5 heteroatoms. The van der Waals surface area contributed by atoms with Gasteiger partial charge in [-0.3, -0.25) is 0 Å². The Morgan fingerprint density at radius 2 is 1.92 bits per heavy atom. The van der Waals surface area contributed by atoms with E-state index in [1.165, 1.54) is 31.4 Å². The Morgan fingerprint density at radius 1 is 1.42 bits per heavy atom. The Morgan fingerprint density at radius 3 is 2.25 bits per heavy atom. The monoisotopic (exact) mass is 187 g/mol. The van der Waals surface area contributed by atoms with Gasteiger partial charge in [-0.05, 0) is 24.3 Å². The number of benzene rings is 1. The molecule has 12 heavy (non-hydrogen) atoms. The van der Waals surface area contributed by atoms with Crippen LogP contribution in [-0.2, 0) is 4.57 Å².